The van der Waals surface area contributed by atoms with Gasteiger partial charge in [0.05, 0.1) is 0 Å². The first-order valence-electron chi connectivity index (χ1n) is 3.50. The molecule has 0 aliphatic carbocycles. The summed E-state index contributed by atoms with van der Waals surface area (Å²) >= 11 is 0.517. The van der Waals surface area contributed by atoms with Gasteiger partial charge in [0.1, 0.15) is 11.0 Å². The quantitative estimate of drug-likeness (QED) is 0.783. The largest absolute Gasteiger partial charge is 0.425 e. The van der Waals surface area contributed by atoms with E-state index in [2.05, 4.69) is 0 Å². The maximum Gasteiger partial charge on any atom is 0.425 e. The lowest BCUT2D eigenvalue weighted by Gasteiger charge is -2.04. The van der Waals surface area contributed by atoms with E-state index in [1.54, 1.807) is 0 Å². The van der Waals surface area contributed by atoms with Crippen LogP contribution < -0.4 is 5.73 Å². The van der Waals surface area contributed by atoms with Crippen LogP contribution in [-0.2, 0) is 6.18 Å². The van der Waals surface area contributed by atoms with Gasteiger partial charge in [0, 0.05) is 11.4 Å². The van der Waals surface area contributed by atoms with Crippen molar-refractivity contribution in [3.05, 3.63) is 21.9 Å². The van der Waals surface area contributed by atoms with Gasteiger partial charge in [-0.25, -0.2) is 0 Å². The Labute approximate surface area is 76.8 Å². The van der Waals surface area contributed by atoms with Crippen LogP contribution in [0.15, 0.2) is 12.1 Å². The zero-order valence-electron chi connectivity index (χ0n) is 6.51. The Bertz CT molecular complexity index is 284. The highest BCUT2D eigenvalue weighted by molar-refractivity contribution is 7.12. The Morgan fingerprint density at radius 2 is 2.08 bits per heavy atom. The number of halogens is 3. The molecule has 0 unspecified atom stereocenters. The minimum absolute atomic E-state index is 0.0716. The number of aliphatic hydroxyl groups is 1. The van der Waals surface area contributed by atoms with Gasteiger partial charge in [-0.05, 0) is 12.1 Å². The summed E-state index contributed by atoms with van der Waals surface area (Å²) in [5, 5.41) is 9.13. The number of nitrogens with two attached hydrogens (primary N) is 1. The van der Waals surface area contributed by atoms with E-state index in [1.165, 1.54) is 6.07 Å². The van der Waals surface area contributed by atoms with Gasteiger partial charge in [-0.15, -0.1) is 11.3 Å². The van der Waals surface area contributed by atoms with Crippen molar-refractivity contribution in [1.29, 1.82) is 0 Å². The summed E-state index contributed by atoms with van der Waals surface area (Å²) in [7, 11) is 0. The van der Waals surface area contributed by atoms with Crippen LogP contribution >= 0.6 is 11.3 Å². The van der Waals surface area contributed by atoms with Crippen LogP contribution in [0.4, 0.5) is 13.2 Å². The fraction of sp³-hybridized carbons (Fsp3) is 0.429. The van der Waals surface area contributed by atoms with E-state index in [1.807, 2.05) is 0 Å². The molecule has 0 spiro atoms. The van der Waals surface area contributed by atoms with Gasteiger partial charge < -0.3 is 10.8 Å². The molecule has 0 fully saturated rings. The van der Waals surface area contributed by atoms with E-state index in [9.17, 15) is 13.2 Å². The van der Waals surface area contributed by atoms with Crippen LogP contribution in [0.3, 0.4) is 0 Å². The summed E-state index contributed by atoms with van der Waals surface area (Å²) in [4.78, 5) is -0.468. The molecule has 1 atom stereocenters. The second-order valence-electron chi connectivity index (χ2n) is 2.45. The minimum Gasteiger partial charge on any atom is -0.386 e. The Morgan fingerprint density at radius 3 is 2.46 bits per heavy atom. The van der Waals surface area contributed by atoms with Gasteiger partial charge in [0.15, 0.2) is 0 Å². The molecule has 0 aliphatic rings. The third-order valence-corrected chi connectivity index (χ3v) is 2.69. The Balaban J connectivity index is 2.87. The average molecular weight is 211 g/mol. The molecule has 0 saturated carbocycles. The maximum absolute atomic E-state index is 12.1. The molecule has 1 aromatic rings. The highest BCUT2D eigenvalue weighted by Gasteiger charge is 2.32. The smallest absolute Gasteiger partial charge is 0.386 e. The van der Waals surface area contributed by atoms with Gasteiger partial charge in [-0.2, -0.15) is 13.2 Å². The van der Waals surface area contributed by atoms with E-state index in [4.69, 9.17) is 10.8 Å². The molecule has 74 valence electrons. The molecule has 1 aromatic heterocycles. The summed E-state index contributed by atoms with van der Waals surface area (Å²) in [6.45, 7) is -0.0716. The first-order chi connectivity index (χ1) is 5.95. The number of alkyl halides is 3. The third kappa shape index (κ3) is 2.43. The Hall–Kier alpha value is -0.590. The molecule has 0 radical (unpaired) electrons. The van der Waals surface area contributed by atoms with Crippen molar-refractivity contribution in [2.45, 2.75) is 12.3 Å². The molecule has 13 heavy (non-hydrogen) atoms. The second kappa shape index (κ2) is 3.65. The summed E-state index contributed by atoms with van der Waals surface area (Å²) in [6.07, 6.45) is -5.34. The SMILES string of the molecule is NC[C@H](O)c1ccc(C(F)(F)F)s1. The zero-order valence-corrected chi connectivity index (χ0v) is 7.32. The summed E-state index contributed by atoms with van der Waals surface area (Å²) in [6, 6.07) is 2.18. The van der Waals surface area contributed by atoms with E-state index < -0.39 is 17.2 Å². The van der Waals surface area contributed by atoms with E-state index >= 15 is 0 Å². The second-order valence-corrected chi connectivity index (χ2v) is 3.57. The standard InChI is InChI=1S/C7H8F3NOS/c8-7(9,10)6-2-1-5(13-6)4(12)3-11/h1-2,4,12H,3,11H2/t4-/m0/s1. The van der Waals surface area contributed by atoms with E-state index in [0.717, 1.165) is 6.07 Å². The summed E-state index contributed by atoms with van der Waals surface area (Å²) in [5.74, 6) is 0. The predicted octanol–water partition coefficient (Wildman–Crippen LogP) is 1.76. The van der Waals surface area contributed by atoms with Crippen molar-refractivity contribution in [2.24, 2.45) is 5.73 Å². The van der Waals surface area contributed by atoms with E-state index in [0.29, 0.717) is 11.3 Å². The maximum atomic E-state index is 12.1. The van der Waals surface area contributed by atoms with Crippen molar-refractivity contribution >= 4 is 11.3 Å². The molecule has 0 aliphatic heterocycles. The molecule has 3 N–H and O–H groups in total. The lowest BCUT2D eigenvalue weighted by molar-refractivity contribution is -0.134. The van der Waals surface area contributed by atoms with Crippen LogP contribution in [0.2, 0.25) is 0 Å². The van der Waals surface area contributed by atoms with Crippen molar-refractivity contribution < 1.29 is 18.3 Å². The topological polar surface area (TPSA) is 46.2 Å². The normalized spacial score (nSPS) is 14.5. The van der Waals surface area contributed by atoms with Crippen molar-refractivity contribution in [2.75, 3.05) is 6.54 Å². The first kappa shape index (κ1) is 10.5. The molecule has 0 saturated heterocycles. The lowest BCUT2D eigenvalue weighted by atomic mass is 10.3. The fourth-order valence-corrected chi connectivity index (χ4v) is 1.67. The minimum atomic E-state index is -4.34. The van der Waals surface area contributed by atoms with Crippen molar-refractivity contribution in [1.82, 2.24) is 0 Å². The van der Waals surface area contributed by atoms with Crippen LogP contribution in [0, 0.1) is 0 Å². The third-order valence-electron chi connectivity index (χ3n) is 1.46. The van der Waals surface area contributed by atoms with Gasteiger partial charge in [0.2, 0.25) is 0 Å². The molecule has 0 aromatic carbocycles. The monoisotopic (exact) mass is 211 g/mol. The highest BCUT2D eigenvalue weighted by atomic mass is 32.1. The van der Waals surface area contributed by atoms with Crippen molar-refractivity contribution in [3.8, 4) is 0 Å². The molecule has 6 heteroatoms. The Kier molecular flexibility index (Phi) is 2.94. The molecule has 1 heterocycles. The Morgan fingerprint density at radius 1 is 1.46 bits per heavy atom. The van der Waals surface area contributed by atoms with Crippen LogP contribution in [0.25, 0.3) is 0 Å². The fourth-order valence-electron chi connectivity index (χ4n) is 0.800. The number of hydrogen-bond acceptors (Lipinski definition) is 3. The van der Waals surface area contributed by atoms with Crippen molar-refractivity contribution in [3.63, 3.8) is 0 Å². The number of aliphatic hydroxyl groups excluding tert-OH is 1. The molecular formula is C7H8F3NOS. The first-order valence-corrected chi connectivity index (χ1v) is 4.32. The highest BCUT2D eigenvalue weighted by Crippen LogP contribution is 2.36. The molecule has 0 amide bonds. The van der Waals surface area contributed by atoms with Crippen LogP contribution in [0.1, 0.15) is 15.9 Å². The van der Waals surface area contributed by atoms with Crippen LogP contribution in [-0.4, -0.2) is 11.7 Å². The average Bonchev–Trinajstić information content (AvgIpc) is 2.50. The zero-order chi connectivity index (χ0) is 10.1. The van der Waals surface area contributed by atoms with Gasteiger partial charge in [0.25, 0.3) is 0 Å². The summed E-state index contributed by atoms with van der Waals surface area (Å²) in [5.41, 5.74) is 5.10. The molecular weight excluding hydrogens is 203 g/mol. The van der Waals surface area contributed by atoms with Gasteiger partial charge >= 0.3 is 6.18 Å². The van der Waals surface area contributed by atoms with Crippen LogP contribution in [0.5, 0.6) is 0 Å². The summed E-state index contributed by atoms with van der Waals surface area (Å²) < 4.78 is 36.2. The number of rotatable bonds is 2. The number of thiophene rings is 1. The number of hydrogen-bond donors (Lipinski definition) is 2. The van der Waals surface area contributed by atoms with Gasteiger partial charge in [-0.1, -0.05) is 0 Å². The molecule has 2 nitrogen and oxygen atoms in total. The van der Waals surface area contributed by atoms with Gasteiger partial charge in [-0.3, -0.25) is 0 Å². The van der Waals surface area contributed by atoms with E-state index in [-0.39, 0.29) is 11.4 Å². The molecule has 1 rings (SSSR count). The molecule has 0 bridgehead atoms. The lowest BCUT2D eigenvalue weighted by Crippen LogP contribution is -2.09. The predicted molar refractivity (Wildman–Crippen MR) is 43.3 cm³/mol.